The van der Waals surface area contributed by atoms with E-state index in [4.69, 9.17) is 15.6 Å². The molecule has 0 aliphatic carbocycles. The van der Waals surface area contributed by atoms with Crippen molar-refractivity contribution in [3.63, 3.8) is 0 Å². The highest BCUT2D eigenvalue weighted by Crippen LogP contribution is 2.32. The lowest BCUT2D eigenvalue weighted by Crippen LogP contribution is -2.10. The van der Waals surface area contributed by atoms with Crippen LogP contribution in [0.4, 0.5) is 18.9 Å². The highest BCUT2D eigenvalue weighted by molar-refractivity contribution is 5.92. The molecule has 0 spiro atoms. The van der Waals surface area contributed by atoms with E-state index >= 15 is 0 Å². The van der Waals surface area contributed by atoms with Crippen LogP contribution in [0, 0.1) is 17.5 Å². The number of nitrogen functional groups attached to an aromatic ring is 1. The maximum Gasteiger partial charge on any atom is 0.356 e. The number of nitrogens with zero attached hydrogens (tertiary/aromatic N) is 1. The fraction of sp³-hybridized carbons (Fsp3) is 0.200. The van der Waals surface area contributed by atoms with Crippen LogP contribution in [0.1, 0.15) is 24.3 Å². The average Bonchev–Trinajstić information content (AvgIpc) is 2.38. The average molecular weight is 326 g/mol. The number of ether oxygens (including phenoxy) is 1. The van der Waals surface area contributed by atoms with Gasteiger partial charge >= 0.3 is 5.97 Å². The molecule has 0 radical (unpaired) electrons. The minimum atomic E-state index is -1.54. The Morgan fingerprint density at radius 1 is 1.17 bits per heavy atom. The first-order chi connectivity index (χ1) is 10.7. The Bertz CT molecular complexity index is 756. The zero-order valence-electron chi connectivity index (χ0n) is 12.2. The Kier molecular flexibility index (Phi) is 4.44. The van der Waals surface area contributed by atoms with Gasteiger partial charge in [0.15, 0.2) is 11.5 Å². The Morgan fingerprint density at radius 3 is 2.22 bits per heavy atom. The predicted molar refractivity (Wildman–Crippen MR) is 76.7 cm³/mol. The number of aromatic carboxylic acids is 1. The second-order valence-corrected chi connectivity index (χ2v) is 4.99. The molecule has 1 aromatic carbocycles. The van der Waals surface area contributed by atoms with Crippen LogP contribution >= 0.6 is 0 Å². The molecule has 0 fully saturated rings. The van der Waals surface area contributed by atoms with Gasteiger partial charge in [0.1, 0.15) is 23.1 Å². The molecular formula is C15H13F3N2O3. The van der Waals surface area contributed by atoms with Crippen molar-refractivity contribution in [2.24, 2.45) is 0 Å². The molecule has 0 saturated heterocycles. The van der Waals surface area contributed by atoms with Gasteiger partial charge in [-0.3, -0.25) is 0 Å². The lowest BCUT2D eigenvalue weighted by molar-refractivity contribution is 0.0691. The molecule has 0 aliphatic rings. The number of carboxylic acid groups (broad SMARTS) is 1. The summed E-state index contributed by atoms with van der Waals surface area (Å²) >= 11 is 0. The number of hydrogen-bond donors (Lipinski definition) is 2. The molecule has 1 aromatic heterocycles. The SMILES string of the molecule is CC(C)Oc1cc(F)c(-c2nc(C(=O)O)c(N)cc2F)c(F)c1. The molecule has 0 atom stereocenters. The number of rotatable bonds is 4. The molecule has 2 rings (SSSR count). The van der Waals surface area contributed by atoms with Crippen LogP contribution < -0.4 is 10.5 Å². The molecule has 0 saturated carbocycles. The largest absolute Gasteiger partial charge is 0.491 e. The summed E-state index contributed by atoms with van der Waals surface area (Å²) in [6.07, 6.45) is -0.315. The maximum atomic E-state index is 14.2. The molecule has 23 heavy (non-hydrogen) atoms. The summed E-state index contributed by atoms with van der Waals surface area (Å²) in [6.45, 7) is 3.34. The quantitative estimate of drug-likeness (QED) is 0.901. The van der Waals surface area contributed by atoms with Gasteiger partial charge in [0.05, 0.1) is 17.4 Å². The first kappa shape index (κ1) is 16.6. The lowest BCUT2D eigenvalue weighted by atomic mass is 10.1. The number of benzene rings is 1. The third-order valence-corrected chi connectivity index (χ3v) is 2.83. The van der Waals surface area contributed by atoms with Crippen LogP contribution in [0.2, 0.25) is 0 Å². The van der Waals surface area contributed by atoms with Gasteiger partial charge in [-0.2, -0.15) is 0 Å². The van der Waals surface area contributed by atoms with Crippen LogP contribution in [0.5, 0.6) is 5.75 Å². The minimum absolute atomic E-state index is 0.0759. The molecule has 0 aliphatic heterocycles. The summed E-state index contributed by atoms with van der Waals surface area (Å²) < 4.78 is 47.4. The number of pyridine rings is 1. The van der Waals surface area contributed by atoms with Crippen molar-refractivity contribution in [3.8, 4) is 17.0 Å². The van der Waals surface area contributed by atoms with Gasteiger partial charge in [-0.15, -0.1) is 0 Å². The van der Waals surface area contributed by atoms with Gasteiger partial charge < -0.3 is 15.6 Å². The smallest absolute Gasteiger partial charge is 0.356 e. The van der Waals surface area contributed by atoms with E-state index in [1.807, 2.05) is 0 Å². The van der Waals surface area contributed by atoms with Crippen LogP contribution in [-0.2, 0) is 0 Å². The fourth-order valence-corrected chi connectivity index (χ4v) is 1.97. The van der Waals surface area contributed by atoms with Gasteiger partial charge in [0.2, 0.25) is 0 Å². The molecule has 122 valence electrons. The molecule has 3 N–H and O–H groups in total. The van der Waals surface area contributed by atoms with Gasteiger partial charge in [-0.05, 0) is 13.8 Å². The van der Waals surface area contributed by atoms with Gasteiger partial charge in [0, 0.05) is 18.2 Å². The van der Waals surface area contributed by atoms with Crippen molar-refractivity contribution in [3.05, 3.63) is 41.3 Å². The second-order valence-electron chi connectivity index (χ2n) is 4.99. The molecule has 8 heteroatoms. The molecular weight excluding hydrogens is 313 g/mol. The number of halogens is 3. The van der Waals surface area contributed by atoms with Crippen molar-refractivity contribution in [1.29, 1.82) is 0 Å². The van der Waals surface area contributed by atoms with Crippen molar-refractivity contribution < 1.29 is 27.8 Å². The van der Waals surface area contributed by atoms with Crippen LogP contribution in [-0.4, -0.2) is 22.2 Å². The minimum Gasteiger partial charge on any atom is -0.491 e. The third kappa shape index (κ3) is 3.36. The third-order valence-electron chi connectivity index (χ3n) is 2.83. The normalized spacial score (nSPS) is 10.9. The van der Waals surface area contributed by atoms with Gasteiger partial charge in [-0.1, -0.05) is 0 Å². The van der Waals surface area contributed by atoms with E-state index in [0.29, 0.717) is 6.07 Å². The second kappa shape index (κ2) is 6.15. The van der Waals surface area contributed by atoms with Crippen molar-refractivity contribution in [2.45, 2.75) is 20.0 Å². The summed E-state index contributed by atoms with van der Waals surface area (Å²) in [5.41, 5.74) is 2.63. The molecule has 0 amide bonds. The van der Waals surface area contributed by atoms with Crippen LogP contribution in [0.25, 0.3) is 11.3 Å². The van der Waals surface area contributed by atoms with E-state index in [0.717, 1.165) is 12.1 Å². The number of hydrogen-bond acceptors (Lipinski definition) is 4. The van der Waals surface area contributed by atoms with E-state index < -0.39 is 46.1 Å². The standard InChI is InChI=1S/C15H13F3N2O3/c1-6(2)23-7-3-8(16)12(9(17)4-7)13-10(18)5-11(19)14(20-13)15(21)22/h3-6H,19H2,1-2H3,(H,21,22). The maximum absolute atomic E-state index is 14.2. The monoisotopic (exact) mass is 326 g/mol. The highest BCUT2D eigenvalue weighted by Gasteiger charge is 2.22. The molecule has 0 bridgehead atoms. The first-order valence-electron chi connectivity index (χ1n) is 6.56. The van der Waals surface area contributed by atoms with Crippen molar-refractivity contribution >= 4 is 11.7 Å². The Labute approximate surface area is 129 Å². The zero-order chi connectivity index (χ0) is 17.3. The van der Waals surface area contributed by atoms with E-state index in [1.165, 1.54) is 0 Å². The number of aromatic nitrogens is 1. The predicted octanol–water partition coefficient (Wildman–Crippen LogP) is 3.23. The van der Waals surface area contributed by atoms with Gasteiger partial charge in [-0.25, -0.2) is 22.9 Å². The Morgan fingerprint density at radius 2 is 1.74 bits per heavy atom. The molecule has 5 nitrogen and oxygen atoms in total. The summed E-state index contributed by atoms with van der Waals surface area (Å²) in [7, 11) is 0. The number of carbonyl (C=O) groups is 1. The van der Waals surface area contributed by atoms with Crippen molar-refractivity contribution in [2.75, 3.05) is 5.73 Å². The summed E-state index contributed by atoms with van der Waals surface area (Å²) in [5.74, 6) is -5.01. The molecule has 0 unspecified atom stereocenters. The van der Waals surface area contributed by atoms with Crippen LogP contribution in [0.3, 0.4) is 0 Å². The summed E-state index contributed by atoms with van der Waals surface area (Å²) in [4.78, 5) is 14.4. The first-order valence-corrected chi connectivity index (χ1v) is 6.56. The number of carboxylic acids is 1. The number of anilines is 1. The molecule has 1 heterocycles. The van der Waals surface area contributed by atoms with E-state index in [9.17, 15) is 18.0 Å². The van der Waals surface area contributed by atoms with E-state index in [1.54, 1.807) is 13.8 Å². The number of nitrogens with two attached hydrogens (primary N) is 1. The lowest BCUT2D eigenvalue weighted by Gasteiger charge is -2.13. The fourth-order valence-electron chi connectivity index (χ4n) is 1.97. The summed E-state index contributed by atoms with van der Waals surface area (Å²) in [5, 5.41) is 8.94. The van der Waals surface area contributed by atoms with Crippen molar-refractivity contribution in [1.82, 2.24) is 4.98 Å². The Balaban J connectivity index is 2.63. The van der Waals surface area contributed by atoms with Crippen LogP contribution in [0.15, 0.2) is 18.2 Å². The van der Waals surface area contributed by atoms with E-state index in [-0.39, 0.29) is 11.9 Å². The highest BCUT2D eigenvalue weighted by atomic mass is 19.1. The van der Waals surface area contributed by atoms with Gasteiger partial charge in [0.25, 0.3) is 0 Å². The molecule has 2 aromatic rings. The zero-order valence-corrected chi connectivity index (χ0v) is 12.2. The topological polar surface area (TPSA) is 85.4 Å². The Hall–Kier alpha value is -2.77. The van der Waals surface area contributed by atoms with E-state index in [2.05, 4.69) is 4.98 Å². The summed E-state index contributed by atoms with van der Waals surface area (Å²) in [6, 6.07) is 2.40.